The highest BCUT2D eigenvalue weighted by Gasteiger charge is 2.63. The predicted molar refractivity (Wildman–Crippen MR) is 63.3 cm³/mol. The van der Waals surface area contributed by atoms with E-state index in [1.807, 2.05) is 0 Å². The molecule has 0 spiro atoms. The Kier molecular flexibility index (Phi) is 4.70. The molecule has 106 valence electrons. The molecule has 1 aliphatic carbocycles. The van der Waals surface area contributed by atoms with E-state index in [2.05, 4.69) is 4.74 Å². The van der Waals surface area contributed by atoms with Gasteiger partial charge in [0.15, 0.2) is 0 Å². The molecule has 0 heterocycles. The molecule has 5 heteroatoms. The zero-order valence-electron chi connectivity index (χ0n) is 11.2. The van der Waals surface area contributed by atoms with Crippen LogP contribution in [0.25, 0.3) is 0 Å². The van der Waals surface area contributed by atoms with Crippen molar-refractivity contribution in [1.82, 2.24) is 0 Å². The maximum Gasteiger partial charge on any atom is 0.380 e. The number of hydrogen-bond donors (Lipinski definition) is 1. The van der Waals surface area contributed by atoms with Crippen LogP contribution < -0.4 is 0 Å². The number of halogens is 2. The maximum absolute atomic E-state index is 14.2. The average Bonchev–Trinajstić information content (AvgIpc) is 2.29. The summed E-state index contributed by atoms with van der Waals surface area (Å²) < 4.78 is 32.7. The summed E-state index contributed by atoms with van der Waals surface area (Å²) in [6.45, 7) is 4.94. The van der Waals surface area contributed by atoms with Crippen LogP contribution in [0.5, 0.6) is 0 Å². The van der Waals surface area contributed by atoms with E-state index in [4.69, 9.17) is 0 Å². The van der Waals surface area contributed by atoms with Crippen molar-refractivity contribution in [2.24, 2.45) is 11.8 Å². The number of esters is 1. The zero-order chi connectivity index (χ0) is 14.0. The minimum absolute atomic E-state index is 0.0539. The second kappa shape index (κ2) is 5.51. The van der Waals surface area contributed by atoms with Crippen LogP contribution in [0, 0.1) is 11.8 Å². The number of carbonyl (C=O) groups excluding carboxylic acids is 1. The third-order valence-electron chi connectivity index (χ3n) is 3.82. The summed E-state index contributed by atoms with van der Waals surface area (Å²) in [5.74, 6) is -6.13. The van der Waals surface area contributed by atoms with Crippen molar-refractivity contribution in [1.29, 1.82) is 0 Å². The first-order valence-corrected chi connectivity index (χ1v) is 6.54. The summed E-state index contributed by atoms with van der Waals surface area (Å²) >= 11 is 0. The lowest BCUT2D eigenvalue weighted by molar-refractivity contribution is -0.239. The largest absolute Gasteiger partial charge is 0.461 e. The molecule has 18 heavy (non-hydrogen) atoms. The van der Waals surface area contributed by atoms with Crippen LogP contribution in [0.15, 0.2) is 0 Å². The van der Waals surface area contributed by atoms with Gasteiger partial charge in [0.25, 0.3) is 0 Å². The minimum atomic E-state index is -3.83. The Balaban J connectivity index is 3.03. The summed E-state index contributed by atoms with van der Waals surface area (Å²) in [7, 11) is 0. The van der Waals surface area contributed by atoms with Crippen LogP contribution in [-0.2, 0) is 9.53 Å². The Hall–Kier alpha value is -0.710. The van der Waals surface area contributed by atoms with E-state index in [9.17, 15) is 18.7 Å². The number of hydrogen-bond acceptors (Lipinski definition) is 3. The van der Waals surface area contributed by atoms with Crippen LogP contribution in [0.2, 0.25) is 0 Å². The number of alkyl halides is 2. The van der Waals surface area contributed by atoms with E-state index in [0.717, 1.165) is 6.42 Å². The lowest BCUT2D eigenvalue weighted by Gasteiger charge is -2.45. The molecule has 0 saturated heterocycles. The molecule has 0 bridgehead atoms. The Labute approximate surface area is 107 Å². The predicted octanol–water partition coefficient (Wildman–Crippen LogP) is 2.76. The van der Waals surface area contributed by atoms with Gasteiger partial charge >= 0.3 is 11.9 Å². The molecule has 1 fully saturated rings. The van der Waals surface area contributed by atoms with Gasteiger partial charge in [0.05, 0.1) is 6.61 Å². The van der Waals surface area contributed by atoms with E-state index in [1.54, 1.807) is 13.8 Å². The van der Waals surface area contributed by atoms with Gasteiger partial charge in [-0.25, -0.2) is 4.79 Å². The Morgan fingerprint density at radius 1 is 1.50 bits per heavy atom. The molecule has 1 aliphatic rings. The van der Waals surface area contributed by atoms with Crippen LogP contribution in [-0.4, -0.2) is 29.2 Å². The van der Waals surface area contributed by atoms with E-state index in [1.165, 1.54) is 6.92 Å². The Bertz CT molecular complexity index is 305. The molecule has 0 amide bonds. The first-order chi connectivity index (χ1) is 8.27. The van der Waals surface area contributed by atoms with Crippen LogP contribution in [0.1, 0.15) is 46.5 Å². The normalized spacial score (nSPS) is 29.4. The van der Waals surface area contributed by atoms with Gasteiger partial charge in [-0.1, -0.05) is 26.7 Å². The Morgan fingerprint density at radius 2 is 2.11 bits per heavy atom. The summed E-state index contributed by atoms with van der Waals surface area (Å²) in [5.41, 5.74) is -2.27. The third-order valence-corrected chi connectivity index (χ3v) is 3.82. The van der Waals surface area contributed by atoms with Gasteiger partial charge in [-0.15, -0.1) is 0 Å². The van der Waals surface area contributed by atoms with Crippen molar-refractivity contribution in [3.05, 3.63) is 0 Å². The number of rotatable bonds is 4. The average molecular weight is 264 g/mol. The van der Waals surface area contributed by atoms with E-state index >= 15 is 0 Å². The summed E-state index contributed by atoms with van der Waals surface area (Å²) in [6.07, 6.45) is 1.78. The highest BCUT2D eigenvalue weighted by Crippen LogP contribution is 2.47. The number of ether oxygens (including phenoxy) is 1. The SMILES string of the molecule is CCOC(=O)C(F)(F)C1(O)CCCCC1C(C)C. The molecule has 0 aromatic heterocycles. The first-order valence-electron chi connectivity index (χ1n) is 6.54. The van der Waals surface area contributed by atoms with Gasteiger partial charge < -0.3 is 9.84 Å². The lowest BCUT2D eigenvalue weighted by Crippen LogP contribution is -2.60. The highest BCUT2D eigenvalue weighted by molar-refractivity contribution is 5.79. The molecule has 3 nitrogen and oxygen atoms in total. The zero-order valence-corrected chi connectivity index (χ0v) is 11.2. The van der Waals surface area contributed by atoms with Crippen molar-refractivity contribution in [2.45, 2.75) is 58.0 Å². The van der Waals surface area contributed by atoms with Crippen molar-refractivity contribution < 1.29 is 23.4 Å². The Morgan fingerprint density at radius 3 is 2.61 bits per heavy atom. The number of aliphatic hydroxyl groups is 1. The lowest BCUT2D eigenvalue weighted by atomic mass is 9.67. The maximum atomic E-state index is 14.2. The van der Waals surface area contributed by atoms with Gasteiger partial charge in [0, 0.05) is 0 Å². The summed E-state index contributed by atoms with van der Waals surface area (Å²) in [5, 5.41) is 10.4. The van der Waals surface area contributed by atoms with Crippen LogP contribution >= 0.6 is 0 Å². The third kappa shape index (κ3) is 2.51. The van der Waals surface area contributed by atoms with Gasteiger partial charge in [0.1, 0.15) is 5.60 Å². The molecule has 2 atom stereocenters. The van der Waals surface area contributed by atoms with Crippen molar-refractivity contribution in [3.63, 3.8) is 0 Å². The molecular formula is C13H22F2O3. The highest BCUT2D eigenvalue weighted by atomic mass is 19.3. The summed E-state index contributed by atoms with van der Waals surface area (Å²) in [4.78, 5) is 11.4. The summed E-state index contributed by atoms with van der Waals surface area (Å²) in [6, 6.07) is 0. The molecule has 0 aromatic carbocycles. The molecule has 2 unspecified atom stereocenters. The van der Waals surface area contributed by atoms with E-state index in [0.29, 0.717) is 12.8 Å². The minimum Gasteiger partial charge on any atom is -0.461 e. The van der Waals surface area contributed by atoms with Gasteiger partial charge in [-0.3, -0.25) is 0 Å². The fourth-order valence-electron chi connectivity index (χ4n) is 2.86. The molecule has 1 saturated carbocycles. The van der Waals surface area contributed by atoms with Gasteiger partial charge in [-0.2, -0.15) is 8.78 Å². The van der Waals surface area contributed by atoms with E-state index in [-0.39, 0.29) is 18.9 Å². The fraction of sp³-hybridized carbons (Fsp3) is 0.923. The quantitative estimate of drug-likeness (QED) is 0.794. The van der Waals surface area contributed by atoms with E-state index < -0.39 is 23.4 Å². The number of carbonyl (C=O) groups is 1. The second-order valence-electron chi connectivity index (χ2n) is 5.32. The van der Waals surface area contributed by atoms with Crippen LogP contribution in [0.4, 0.5) is 8.78 Å². The molecule has 0 radical (unpaired) electrons. The molecule has 1 rings (SSSR count). The van der Waals surface area contributed by atoms with Crippen molar-refractivity contribution in [2.75, 3.05) is 6.61 Å². The van der Waals surface area contributed by atoms with Gasteiger partial charge in [-0.05, 0) is 31.6 Å². The van der Waals surface area contributed by atoms with Crippen molar-refractivity contribution >= 4 is 5.97 Å². The molecular weight excluding hydrogens is 242 g/mol. The smallest absolute Gasteiger partial charge is 0.380 e. The van der Waals surface area contributed by atoms with Gasteiger partial charge in [0.2, 0.25) is 0 Å². The van der Waals surface area contributed by atoms with Crippen molar-refractivity contribution in [3.8, 4) is 0 Å². The topological polar surface area (TPSA) is 46.5 Å². The monoisotopic (exact) mass is 264 g/mol. The molecule has 1 N–H and O–H groups in total. The van der Waals surface area contributed by atoms with Crippen LogP contribution in [0.3, 0.4) is 0 Å². The second-order valence-corrected chi connectivity index (χ2v) is 5.32. The first kappa shape index (κ1) is 15.3. The fourth-order valence-corrected chi connectivity index (χ4v) is 2.86. The standard InChI is InChI=1S/C13H22F2O3/c1-4-18-11(16)13(14,15)12(17)8-6-5-7-10(12)9(2)3/h9-10,17H,4-8H2,1-3H3. The molecule has 0 aliphatic heterocycles. The molecule has 0 aromatic rings.